The summed E-state index contributed by atoms with van der Waals surface area (Å²) in [6, 6.07) is 14.7. The molecule has 41 heavy (non-hydrogen) atoms. The number of nitrogens with one attached hydrogen (secondary N) is 3. The Balaban J connectivity index is 1.53. The van der Waals surface area contributed by atoms with Gasteiger partial charge >= 0.3 is 0 Å². The Bertz CT molecular complexity index is 1670. The lowest BCUT2D eigenvalue weighted by Gasteiger charge is -2.18. The molecule has 3 N–H and O–H groups in total. The van der Waals surface area contributed by atoms with E-state index in [0.29, 0.717) is 16.5 Å². The molecule has 2 heterocycles. The van der Waals surface area contributed by atoms with Crippen LogP contribution in [0, 0.1) is 0 Å². The summed E-state index contributed by atoms with van der Waals surface area (Å²) < 4.78 is 26.5. The summed E-state index contributed by atoms with van der Waals surface area (Å²) in [5, 5.41) is 12.7. The number of hydrogen-bond acceptors (Lipinski definition) is 6. The van der Waals surface area contributed by atoms with Gasteiger partial charge < -0.3 is 5.32 Å². The summed E-state index contributed by atoms with van der Waals surface area (Å²) in [6.45, 7) is 7.87. The Morgan fingerprint density at radius 1 is 1.10 bits per heavy atom. The van der Waals surface area contributed by atoms with Crippen molar-refractivity contribution < 1.29 is 18.0 Å². The van der Waals surface area contributed by atoms with Gasteiger partial charge in [-0.15, -0.1) is 4.83 Å². The van der Waals surface area contributed by atoms with Crippen LogP contribution in [0.4, 0.5) is 0 Å². The fourth-order valence-electron chi connectivity index (χ4n) is 4.28. The average molecular weight is 576 g/mol. The highest BCUT2D eigenvalue weighted by Crippen LogP contribution is 2.30. The number of carbonyl (C=O) groups excluding carboxylic acids is 2. The van der Waals surface area contributed by atoms with Gasteiger partial charge in [-0.2, -0.15) is 10.2 Å². The van der Waals surface area contributed by atoms with Crippen LogP contribution in [0.25, 0.3) is 22.4 Å². The molecule has 2 aromatic heterocycles. The third-order valence-electron chi connectivity index (χ3n) is 6.54. The van der Waals surface area contributed by atoms with Crippen molar-refractivity contribution in [3.63, 3.8) is 0 Å². The largest absolute Gasteiger partial charge is 0.346 e. The smallest absolute Gasteiger partial charge is 0.252 e. The molecule has 11 nitrogen and oxygen atoms in total. The predicted octanol–water partition coefficient (Wildman–Crippen LogP) is 3.49. The van der Waals surface area contributed by atoms with Gasteiger partial charge in [0.2, 0.25) is 15.9 Å². The fourth-order valence-corrected chi connectivity index (χ4v) is 4.62. The quantitative estimate of drug-likeness (QED) is 0.221. The highest BCUT2D eigenvalue weighted by atomic mass is 32.2. The highest BCUT2D eigenvalue weighted by molar-refractivity contribution is 7.92. The molecule has 1 atom stereocenters. The minimum atomic E-state index is -3.79. The van der Waals surface area contributed by atoms with Crippen molar-refractivity contribution in [3.05, 3.63) is 95.8 Å². The maximum Gasteiger partial charge on any atom is 0.252 e. The summed E-state index contributed by atoms with van der Waals surface area (Å²) >= 11 is 0. The maximum absolute atomic E-state index is 13.4. The normalized spacial score (nSPS) is 12.1. The van der Waals surface area contributed by atoms with Crippen LogP contribution in [0.5, 0.6) is 0 Å². The first-order valence-corrected chi connectivity index (χ1v) is 14.6. The van der Waals surface area contributed by atoms with Crippen LogP contribution < -0.4 is 15.6 Å². The molecule has 0 unspecified atom stereocenters. The molecule has 2 aromatic carbocycles. The SMILES string of the molecule is C=CS(=O)(=O)NNC(=O)CCc1ccccc1C(=O)N[C@H](C)c1cc(-c2cnn(C)c2)cc(-c2ccn(CC)n2)c1. The van der Waals surface area contributed by atoms with Crippen LogP contribution in [0.15, 0.2) is 79.1 Å². The van der Waals surface area contributed by atoms with E-state index in [-0.39, 0.29) is 24.8 Å². The van der Waals surface area contributed by atoms with E-state index in [1.165, 1.54) is 0 Å². The third-order valence-corrected chi connectivity index (χ3v) is 7.36. The van der Waals surface area contributed by atoms with E-state index >= 15 is 0 Å². The minimum absolute atomic E-state index is 0.0273. The standard InChI is InChI=1S/C29H33N7O4S/c1-5-36-14-13-27(33-36)24-16-22(15-23(17-24)25-18-30-35(4)19-25)20(3)31-29(38)26-10-8-7-9-21(26)11-12-28(37)32-34-41(39,40)6-2/h6-10,13-20,34H,2,5,11-12H2,1,3-4H3,(H,31,38)(H,32,37)/t20-/m1/s1. The van der Waals surface area contributed by atoms with Crippen molar-refractivity contribution in [1.82, 2.24) is 35.1 Å². The van der Waals surface area contributed by atoms with Gasteiger partial charge in [0.1, 0.15) is 0 Å². The van der Waals surface area contributed by atoms with Gasteiger partial charge in [0.25, 0.3) is 5.91 Å². The number of aromatic nitrogens is 4. The first-order chi connectivity index (χ1) is 19.6. The van der Waals surface area contributed by atoms with Crippen molar-refractivity contribution in [3.8, 4) is 22.4 Å². The monoisotopic (exact) mass is 575 g/mol. The van der Waals surface area contributed by atoms with Gasteiger partial charge in [-0.05, 0) is 67.3 Å². The number of benzene rings is 2. The Morgan fingerprint density at radius 3 is 2.54 bits per heavy atom. The first kappa shape index (κ1) is 29.4. The van der Waals surface area contributed by atoms with Gasteiger partial charge in [0.15, 0.2) is 0 Å². The van der Waals surface area contributed by atoms with Crippen LogP contribution in [-0.4, -0.2) is 39.8 Å². The number of amides is 2. The number of hydrogen-bond donors (Lipinski definition) is 3. The molecular weight excluding hydrogens is 542 g/mol. The molecular formula is C29H33N7O4S. The highest BCUT2D eigenvalue weighted by Gasteiger charge is 2.18. The first-order valence-electron chi connectivity index (χ1n) is 13.1. The zero-order chi connectivity index (χ0) is 29.6. The number of nitrogens with zero attached hydrogens (tertiary/aromatic N) is 4. The van der Waals surface area contributed by atoms with Crippen LogP contribution >= 0.6 is 0 Å². The van der Waals surface area contributed by atoms with E-state index in [9.17, 15) is 18.0 Å². The number of aryl methyl sites for hydroxylation is 3. The summed E-state index contributed by atoms with van der Waals surface area (Å²) in [5.74, 6) is -0.825. The summed E-state index contributed by atoms with van der Waals surface area (Å²) in [6.07, 6.45) is 5.88. The molecule has 0 aliphatic rings. The molecule has 12 heteroatoms. The van der Waals surface area contributed by atoms with E-state index in [1.807, 2.05) is 61.0 Å². The molecule has 0 radical (unpaired) electrons. The van der Waals surface area contributed by atoms with Crippen LogP contribution in [0.1, 0.15) is 47.8 Å². The molecule has 2 amide bonds. The molecule has 0 aliphatic heterocycles. The van der Waals surface area contributed by atoms with Crippen molar-refractivity contribution >= 4 is 21.8 Å². The molecule has 4 rings (SSSR count). The lowest BCUT2D eigenvalue weighted by atomic mass is 9.96. The molecule has 0 fully saturated rings. The second kappa shape index (κ2) is 12.7. The van der Waals surface area contributed by atoms with E-state index in [1.54, 1.807) is 35.1 Å². The van der Waals surface area contributed by atoms with Crippen molar-refractivity contribution in [2.24, 2.45) is 7.05 Å². The van der Waals surface area contributed by atoms with Crippen molar-refractivity contribution in [2.75, 3.05) is 0 Å². The molecule has 0 bridgehead atoms. The number of sulfonamides is 1. The van der Waals surface area contributed by atoms with Crippen LogP contribution in [0.2, 0.25) is 0 Å². The minimum Gasteiger partial charge on any atom is -0.346 e. The lowest BCUT2D eigenvalue weighted by molar-refractivity contribution is -0.121. The Kier molecular flexibility index (Phi) is 9.15. The molecule has 0 spiro atoms. The average Bonchev–Trinajstić information content (AvgIpc) is 3.64. The van der Waals surface area contributed by atoms with E-state index in [0.717, 1.165) is 34.5 Å². The second-order valence-electron chi connectivity index (χ2n) is 9.52. The Hall–Kier alpha value is -4.55. The number of rotatable bonds is 12. The van der Waals surface area contributed by atoms with Crippen molar-refractivity contribution in [2.45, 2.75) is 39.3 Å². The number of hydrazine groups is 1. The van der Waals surface area contributed by atoms with Gasteiger partial charge in [-0.3, -0.25) is 24.4 Å². The van der Waals surface area contributed by atoms with Crippen LogP contribution in [-0.2, 0) is 34.8 Å². The summed E-state index contributed by atoms with van der Waals surface area (Å²) in [4.78, 5) is 27.5. The molecule has 0 saturated heterocycles. The predicted molar refractivity (Wildman–Crippen MR) is 157 cm³/mol. The fraction of sp³-hybridized carbons (Fsp3) is 0.241. The van der Waals surface area contributed by atoms with Crippen molar-refractivity contribution in [1.29, 1.82) is 0 Å². The Morgan fingerprint density at radius 2 is 1.85 bits per heavy atom. The maximum atomic E-state index is 13.4. The number of carbonyl (C=O) groups is 2. The van der Waals surface area contributed by atoms with E-state index < -0.39 is 15.9 Å². The lowest BCUT2D eigenvalue weighted by Crippen LogP contribution is -2.40. The summed E-state index contributed by atoms with van der Waals surface area (Å²) in [7, 11) is -1.93. The van der Waals surface area contributed by atoms with Gasteiger partial charge in [-0.25, -0.2) is 8.42 Å². The Labute approximate surface area is 239 Å². The molecule has 0 aliphatic carbocycles. The second-order valence-corrected chi connectivity index (χ2v) is 11.1. The molecule has 214 valence electrons. The molecule has 4 aromatic rings. The zero-order valence-corrected chi connectivity index (χ0v) is 24.0. The zero-order valence-electron chi connectivity index (χ0n) is 23.2. The molecule has 0 saturated carbocycles. The van der Waals surface area contributed by atoms with Gasteiger partial charge in [0, 0.05) is 54.5 Å². The van der Waals surface area contributed by atoms with E-state index in [2.05, 4.69) is 33.6 Å². The van der Waals surface area contributed by atoms with E-state index in [4.69, 9.17) is 0 Å². The van der Waals surface area contributed by atoms with Gasteiger partial charge in [0.05, 0.1) is 17.9 Å². The van der Waals surface area contributed by atoms with Gasteiger partial charge in [-0.1, -0.05) is 24.8 Å². The third kappa shape index (κ3) is 7.56. The topological polar surface area (TPSA) is 140 Å². The van der Waals surface area contributed by atoms with Crippen LogP contribution in [0.3, 0.4) is 0 Å². The summed E-state index contributed by atoms with van der Waals surface area (Å²) in [5.41, 5.74) is 7.78.